The zero-order valence-electron chi connectivity index (χ0n) is 6.70. The van der Waals surface area contributed by atoms with Gasteiger partial charge in [-0.25, -0.2) is 4.98 Å². The molecule has 0 unspecified atom stereocenters. The molecule has 66 valence electrons. The summed E-state index contributed by atoms with van der Waals surface area (Å²) < 4.78 is 0. The van der Waals surface area contributed by atoms with Crippen molar-refractivity contribution in [2.24, 2.45) is 5.14 Å². The molecule has 0 saturated carbocycles. The number of halogens is 1. The first-order chi connectivity index (χ1) is 6.29. The van der Waals surface area contributed by atoms with Gasteiger partial charge >= 0.3 is 0 Å². The molecule has 0 fully saturated rings. The van der Waals surface area contributed by atoms with Crippen LogP contribution in [0.4, 0.5) is 0 Å². The second kappa shape index (κ2) is 3.54. The highest BCUT2D eigenvalue weighted by Crippen LogP contribution is 2.20. The van der Waals surface area contributed by atoms with Gasteiger partial charge in [-0.05, 0) is 42.3 Å². The van der Waals surface area contributed by atoms with Gasteiger partial charge in [-0.15, -0.1) is 0 Å². The minimum absolute atomic E-state index is 0.514. The Morgan fingerprint density at radius 1 is 1.23 bits per heavy atom. The summed E-state index contributed by atoms with van der Waals surface area (Å²) in [6.07, 6.45) is 0. The summed E-state index contributed by atoms with van der Waals surface area (Å²) in [5, 5.41) is 7.01. The lowest BCUT2D eigenvalue weighted by Crippen LogP contribution is -1.82. The van der Waals surface area contributed by atoms with E-state index in [0.717, 1.165) is 15.8 Å². The van der Waals surface area contributed by atoms with Crippen LogP contribution in [0.25, 0.3) is 10.9 Å². The molecule has 1 aromatic heterocycles. The van der Waals surface area contributed by atoms with Crippen LogP contribution < -0.4 is 5.14 Å². The van der Waals surface area contributed by atoms with Crippen LogP contribution in [0.2, 0.25) is 5.15 Å². The summed E-state index contributed by atoms with van der Waals surface area (Å²) >= 11 is 6.98. The molecule has 0 saturated heterocycles. The molecule has 1 heterocycles. The Morgan fingerprint density at radius 2 is 2.08 bits per heavy atom. The fraction of sp³-hybridized carbons (Fsp3) is 0. The first-order valence-electron chi connectivity index (χ1n) is 3.72. The molecule has 2 nitrogen and oxygen atoms in total. The number of pyridine rings is 1. The minimum Gasteiger partial charge on any atom is -0.274 e. The Balaban J connectivity index is 2.66. The van der Waals surface area contributed by atoms with Crippen molar-refractivity contribution >= 4 is 34.5 Å². The van der Waals surface area contributed by atoms with Gasteiger partial charge in [-0.2, -0.15) is 0 Å². The Hall–Kier alpha value is -0.770. The number of aromatic nitrogens is 1. The zero-order chi connectivity index (χ0) is 9.26. The number of benzene rings is 1. The van der Waals surface area contributed by atoms with E-state index in [-0.39, 0.29) is 0 Å². The molecule has 1 aromatic carbocycles. The average Bonchev–Trinajstić information content (AvgIpc) is 2.17. The third-order valence-electron chi connectivity index (χ3n) is 1.76. The first kappa shape index (κ1) is 8.81. The third kappa shape index (κ3) is 1.77. The van der Waals surface area contributed by atoms with Gasteiger partial charge in [0.05, 0.1) is 5.52 Å². The van der Waals surface area contributed by atoms with Crippen LogP contribution in [-0.2, 0) is 0 Å². The maximum Gasteiger partial charge on any atom is 0.129 e. The lowest BCUT2D eigenvalue weighted by molar-refractivity contribution is 1.38. The van der Waals surface area contributed by atoms with Crippen molar-refractivity contribution in [3.8, 4) is 0 Å². The predicted molar refractivity (Wildman–Crippen MR) is 56.8 cm³/mol. The fourth-order valence-electron chi connectivity index (χ4n) is 1.15. The maximum absolute atomic E-state index is 5.75. The number of nitrogens with zero attached hydrogens (tertiary/aromatic N) is 1. The molecular formula is C9H7ClN2S. The van der Waals surface area contributed by atoms with Gasteiger partial charge in [-0.3, -0.25) is 5.14 Å². The summed E-state index contributed by atoms with van der Waals surface area (Å²) in [6, 6.07) is 9.54. The van der Waals surface area contributed by atoms with E-state index in [4.69, 9.17) is 16.7 Å². The Bertz CT molecular complexity index is 445. The molecule has 0 aliphatic heterocycles. The molecule has 0 amide bonds. The van der Waals surface area contributed by atoms with Crippen molar-refractivity contribution in [2.45, 2.75) is 4.90 Å². The number of rotatable bonds is 1. The Kier molecular flexibility index (Phi) is 2.40. The van der Waals surface area contributed by atoms with Crippen molar-refractivity contribution in [3.05, 3.63) is 35.5 Å². The molecule has 4 heteroatoms. The Labute approximate surface area is 85.2 Å². The molecule has 2 rings (SSSR count). The van der Waals surface area contributed by atoms with Crippen LogP contribution in [0.15, 0.2) is 35.2 Å². The van der Waals surface area contributed by atoms with E-state index in [1.807, 2.05) is 24.3 Å². The SMILES string of the molecule is NSc1ccc2nc(Cl)ccc2c1. The number of hydrogen-bond donors (Lipinski definition) is 1. The molecule has 0 bridgehead atoms. The molecule has 0 atom stereocenters. The summed E-state index contributed by atoms with van der Waals surface area (Å²) in [5.74, 6) is 0. The van der Waals surface area contributed by atoms with Gasteiger partial charge in [0.15, 0.2) is 0 Å². The van der Waals surface area contributed by atoms with Crippen LogP contribution in [0.5, 0.6) is 0 Å². The smallest absolute Gasteiger partial charge is 0.129 e. The number of fused-ring (bicyclic) bond motifs is 1. The van der Waals surface area contributed by atoms with E-state index in [0.29, 0.717) is 5.15 Å². The lowest BCUT2D eigenvalue weighted by atomic mass is 10.2. The monoisotopic (exact) mass is 210 g/mol. The fourth-order valence-corrected chi connectivity index (χ4v) is 1.65. The summed E-state index contributed by atoms with van der Waals surface area (Å²) in [7, 11) is 0. The van der Waals surface area contributed by atoms with Gasteiger partial charge in [0.1, 0.15) is 5.15 Å². The van der Waals surface area contributed by atoms with Gasteiger partial charge in [0, 0.05) is 10.3 Å². The molecule has 0 spiro atoms. The second-order valence-electron chi connectivity index (χ2n) is 2.61. The van der Waals surface area contributed by atoms with Crippen LogP contribution in [0.3, 0.4) is 0 Å². The van der Waals surface area contributed by atoms with E-state index < -0.39 is 0 Å². The van der Waals surface area contributed by atoms with Gasteiger partial charge in [0.25, 0.3) is 0 Å². The molecule has 2 N–H and O–H groups in total. The summed E-state index contributed by atoms with van der Waals surface area (Å²) in [5.41, 5.74) is 0.894. The normalized spacial score (nSPS) is 10.6. The third-order valence-corrected chi connectivity index (χ3v) is 2.50. The van der Waals surface area contributed by atoms with Crippen molar-refractivity contribution in [1.82, 2.24) is 4.98 Å². The largest absolute Gasteiger partial charge is 0.274 e. The van der Waals surface area contributed by atoms with Crippen molar-refractivity contribution in [3.63, 3.8) is 0 Å². The number of nitrogens with two attached hydrogens (primary N) is 1. The van der Waals surface area contributed by atoms with Crippen LogP contribution in [0, 0.1) is 0 Å². The average molecular weight is 211 g/mol. The highest BCUT2D eigenvalue weighted by Gasteiger charge is 1.97. The highest BCUT2D eigenvalue weighted by atomic mass is 35.5. The molecule has 13 heavy (non-hydrogen) atoms. The zero-order valence-corrected chi connectivity index (χ0v) is 8.27. The van der Waals surface area contributed by atoms with E-state index in [9.17, 15) is 0 Å². The van der Waals surface area contributed by atoms with Crippen molar-refractivity contribution in [2.75, 3.05) is 0 Å². The quantitative estimate of drug-likeness (QED) is 0.581. The van der Waals surface area contributed by atoms with E-state index in [1.54, 1.807) is 6.07 Å². The van der Waals surface area contributed by atoms with E-state index in [2.05, 4.69) is 4.98 Å². The van der Waals surface area contributed by atoms with Gasteiger partial charge in [0.2, 0.25) is 0 Å². The molecule has 0 aliphatic carbocycles. The standard InChI is InChI=1S/C9H7ClN2S/c10-9-4-1-6-5-7(13-11)2-3-8(6)12-9/h1-5H,11H2. The first-order valence-corrected chi connectivity index (χ1v) is 4.98. The summed E-state index contributed by atoms with van der Waals surface area (Å²) in [4.78, 5) is 5.19. The molecule has 2 aromatic rings. The van der Waals surface area contributed by atoms with Gasteiger partial charge in [-0.1, -0.05) is 11.6 Å². The minimum atomic E-state index is 0.514. The topological polar surface area (TPSA) is 38.9 Å². The lowest BCUT2D eigenvalue weighted by Gasteiger charge is -1.99. The van der Waals surface area contributed by atoms with Crippen molar-refractivity contribution in [1.29, 1.82) is 0 Å². The highest BCUT2D eigenvalue weighted by molar-refractivity contribution is 7.97. The Morgan fingerprint density at radius 3 is 2.85 bits per heavy atom. The van der Waals surface area contributed by atoms with E-state index in [1.165, 1.54) is 11.9 Å². The predicted octanol–water partition coefficient (Wildman–Crippen LogP) is 2.85. The maximum atomic E-state index is 5.75. The van der Waals surface area contributed by atoms with Crippen LogP contribution in [-0.4, -0.2) is 4.98 Å². The van der Waals surface area contributed by atoms with Crippen LogP contribution >= 0.6 is 23.5 Å². The molecule has 0 aliphatic rings. The van der Waals surface area contributed by atoms with Crippen molar-refractivity contribution < 1.29 is 0 Å². The number of hydrogen-bond acceptors (Lipinski definition) is 3. The summed E-state index contributed by atoms with van der Waals surface area (Å²) in [6.45, 7) is 0. The molecule has 0 radical (unpaired) electrons. The van der Waals surface area contributed by atoms with E-state index >= 15 is 0 Å². The van der Waals surface area contributed by atoms with Gasteiger partial charge < -0.3 is 0 Å². The molecular weight excluding hydrogens is 204 g/mol. The van der Waals surface area contributed by atoms with Crippen LogP contribution in [0.1, 0.15) is 0 Å². The second-order valence-corrected chi connectivity index (χ2v) is 3.70.